The van der Waals surface area contributed by atoms with E-state index in [9.17, 15) is 9.90 Å². The number of hydrogen-bond acceptors (Lipinski definition) is 8. The van der Waals surface area contributed by atoms with Crippen LogP contribution in [0.1, 0.15) is 51.9 Å². The first-order chi connectivity index (χ1) is 21.6. The number of ether oxygens (including phenoxy) is 2. The Morgan fingerprint density at radius 2 is 1.77 bits per heavy atom. The van der Waals surface area contributed by atoms with Gasteiger partial charge in [0.1, 0.15) is 6.33 Å². The molecular weight excluding hydrogens is 574 g/mol. The highest BCUT2D eigenvalue weighted by Crippen LogP contribution is 2.43. The van der Waals surface area contributed by atoms with Crippen LogP contribution in [-0.2, 0) is 22.6 Å². The number of aromatic amines is 1. The van der Waals surface area contributed by atoms with Gasteiger partial charge in [0.05, 0.1) is 24.4 Å². The van der Waals surface area contributed by atoms with Crippen LogP contribution in [0.5, 0.6) is 0 Å². The molecule has 1 amide bonds. The van der Waals surface area contributed by atoms with E-state index in [2.05, 4.69) is 50.6 Å². The molecule has 3 N–H and O–H groups in total. The largest absolute Gasteiger partial charge is 0.392 e. The van der Waals surface area contributed by atoms with Crippen molar-refractivity contribution >= 4 is 17.7 Å². The monoisotopic (exact) mass is 607 g/mol. The predicted molar refractivity (Wildman–Crippen MR) is 167 cm³/mol. The zero-order valence-electron chi connectivity index (χ0n) is 24.2. The number of aromatic nitrogens is 4. The minimum Gasteiger partial charge on any atom is -0.392 e. The summed E-state index contributed by atoms with van der Waals surface area (Å²) in [4.78, 5) is 20.9. The van der Waals surface area contributed by atoms with Crippen molar-refractivity contribution in [1.29, 1.82) is 0 Å². The van der Waals surface area contributed by atoms with Crippen molar-refractivity contribution in [3.63, 3.8) is 0 Å². The standard InChI is InChI=1S/C34H33N5O4S/c1-22-30(20-44-34-37-21-38-39-34)42-33(43-31(22)25-10-8-23(19-40)9-11-25)26-14-12-24(13-15-26)29-7-3-2-5-27(29)18-36-32(41)28-6-4-16-35-17-28/h2-17,21-22,30-31,33,40H,18-20H2,1H3,(H,36,41)(H,37,38,39). The molecule has 1 aliphatic heterocycles. The second-order valence-corrected chi connectivity index (χ2v) is 11.6. The number of hydrogen-bond donors (Lipinski definition) is 3. The van der Waals surface area contributed by atoms with Crippen molar-refractivity contribution < 1.29 is 19.4 Å². The van der Waals surface area contributed by atoms with Crippen molar-refractivity contribution in [3.8, 4) is 11.1 Å². The molecule has 0 bridgehead atoms. The number of rotatable bonds is 10. The summed E-state index contributed by atoms with van der Waals surface area (Å²) in [6.07, 6.45) is 3.81. The molecule has 1 aliphatic rings. The molecular formula is C34H33N5O4S. The Balaban J connectivity index is 1.21. The van der Waals surface area contributed by atoms with Crippen LogP contribution in [0, 0.1) is 5.92 Å². The average Bonchev–Trinajstić information content (AvgIpc) is 3.61. The van der Waals surface area contributed by atoms with E-state index in [4.69, 9.17) is 9.47 Å². The van der Waals surface area contributed by atoms with E-state index in [1.165, 1.54) is 6.33 Å². The molecule has 0 radical (unpaired) electrons. The van der Waals surface area contributed by atoms with Crippen molar-refractivity contribution in [2.24, 2.45) is 5.92 Å². The smallest absolute Gasteiger partial charge is 0.253 e. The molecule has 3 aromatic carbocycles. The number of carbonyl (C=O) groups is 1. The van der Waals surface area contributed by atoms with Crippen molar-refractivity contribution in [1.82, 2.24) is 25.5 Å². The Morgan fingerprint density at radius 3 is 2.50 bits per heavy atom. The second kappa shape index (κ2) is 14.0. The molecule has 0 spiro atoms. The van der Waals surface area contributed by atoms with Gasteiger partial charge < -0.3 is 19.9 Å². The van der Waals surface area contributed by atoms with Crippen LogP contribution in [0.3, 0.4) is 0 Å². The molecule has 9 nitrogen and oxygen atoms in total. The maximum atomic E-state index is 12.6. The summed E-state index contributed by atoms with van der Waals surface area (Å²) in [6, 6.07) is 27.6. The topological polar surface area (TPSA) is 122 Å². The van der Waals surface area contributed by atoms with Gasteiger partial charge in [-0.15, -0.1) is 0 Å². The number of carbonyl (C=O) groups excluding carboxylic acids is 1. The van der Waals surface area contributed by atoms with Gasteiger partial charge in [0.15, 0.2) is 11.4 Å². The van der Waals surface area contributed by atoms with Crippen LogP contribution < -0.4 is 5.32 Å². The van der Waals surface area contributed by atoms with Gasteiger partial charge in [0, 0.05) is 36.2 Å². The molecule has 6 rings (SSSR count). The van der Waals surface area contributed by atoms with E-state index in [0.717, 1.165) is 38.5 Å². The van der Waals surface area contributed by atoms with Gasteiger partial charge in [-0.3, -0.25) is 14.9 Å². The van der Waals surface area contributed by atoms with Crippen LogP contribution in [0.4, 0.5) is 0 Å². The number of aliphatic hydroxyl groups excluding tert-OH is 1. The zero-order valence-corrected chi connectivity index (χ0v) is 25.0. The number of nitrogens with one attached hydrogen (secondary N) is 2. The van der Waals surface area contributed by atoms with Gasteiger partial charge >= 0.3 is 0 Å². The fourth-order valence-electron chi connectivity index (χ4n) is 5.29. The van der Waals surface area contributed by atoms with E-state index in [-0.39, 0.29) is 30.6 Å². The summed E-state index contributed by atoms with van der Waals surface area (Å²) >= 11 is 1.57. The summed E-state index contributed by atoms with van der Waals surface area (Å²) in [6.45, 7) is 2.52. The molecule has 1 fully saturated rings. The summed E-state index contributed by atoms with van der Waals surface area (Å²) in [5.74, 6) is 0.577. The quantitative estimate of drug-likeness (QED) is 0.169. The minimum atomic E-state index is -0.572. The summed E-state index contributed by atoms with van der Waals surface area (Å²) in [7, 11) is 0. The molecule has 0 aliphatic carbocycles. The molecule has 4 atom stereocenters. The first kappa shape index (κ1) is 29.7. The molecule has 2 aromatic heterocycles. The molecule has 0 saturated carbocycles. The van der Waals surface area contributed by atoms with Gasteiger partial charge in [-0.25, -0.2) is 4.98 Å². The third kappa shape index (κ3) is 6.89. The Morgan fingerprint density at radius 1 is 0.977 bits per heavy atom. The molecule has 3 heterocycles. The highest BCUT2D eigenvalue weighted by Gasteiger charge is 2.38. The fourth-order valence-corrected chi connectivity index (χ4v) is 6.23. The second-order valence-electron chi connectivity index (χ2n) is 10.6. The molecule has 4 unspecified atom stereocenters. The third-order valence-electron chi connectivity index (χ3n) is 7.77. The first-order valence-corrected chi connectivity index (χ1v) is 15.4. The van der Waals surface area contributed by atoms with Crippen LogP contribution in [0.25, 0.3) is 11.1 Å². The molecule has 5 aromatic rings. The van der Waals surface area contributed by atoms with Crippen molar-refractivity contribution in [2.45, 2.75) is 43.7 Å². The maximum Gasteiger partial charge on any atom is 0.253 e. The molecule has 10 heteroatoms. The van der Waals surface area contributed by atoms with E-state index >= 15 is 0 Å². The number of amides is 1. The van der Waals surface area contributed by atoms with Gasteiger partial charge in [0.25, 0.3) is 5.91 Å². The lowest BCUT2D eigenvalue weighted by molar-refractivity contribution is -0.268. The van der Waals surface area contributed by atoms with Crippen LogP contribution in [-0.4, -0.2) is 43.0 Å². The minimum absolute atomic E-state index is 0.00407. The number of nitrogens with zero attached hydrogens (tertiary/aromatic N) is 3. The van der Waals surface area contributed by atoms with Gasteiger partial charge in [0.2, 0.25) is 0 Å². The van der Waals surface area contributed by atoms with E-state index in [0.29, 0.717) is 17.9 Å². The normalized spacial score (nSPS) is 19.9. The Labute approximate surface area is 260 Å². The van der Waals surface area contributed by atoms with Crippen molar-refractivity contribution in [3.05, 3.63) is 131 Å². The molecule has 224 valence electrons. The van der Waals surface area contributed by atoms with Crippen LogP contribution >= 0.6 is 11.8 Å². The highest BCUT2D eigenvalue weighted by molar-refractivity contribution is 7.99. The SMILES string of the molecule is CC1C(CSc2ncn[nH]2)OC(c2ccc(-c3ccccc3CNC(=O)c3cccnc3)cc2)OC1c1ccc(CO)cc1. The number of pyridine rings is 1. The summed E-state index contributed by atoms with van der Waals surface area (Å²) < 4.78 is 13.2. The number of aliphatic hydroxyl groups is 1. The van der Waals surface area contributed by atoms with E-state index < -0.39 is 6.29 Å². The highest BCUT2D eigenvalue weighted by atomic mass is 32.2. The molecule has 44 heavy (non-hydrogen) atoms. The zero-order chi connectivity index (χ0) is 30.3. The summed E-state index contributed by atoms with van der Waals surface area (Å²) in [5, 5.41) is 20.1. The van der Waals surface area contributed by atoms with Gasteiger partial charge in [-0.05, 0) is 39.9 Å². The van der Waals surface area contributed by atoms with Gasteiger partial charge in [-0.1, -0.05) is 91.5 Å². The fraction of sp³-hybridized carbons (Fsp3) is 0.235. The summed E-state index contributed by atoms with van der Waals surface area (Å²) in [5.41, 5.74) is 6.40. The van der Waals surface area contributed by atoms with Crippen LogP contribution in [0.2, 0.25) is 0 Å². The predicted octanol–water partition coefficient (Wildman–Crippen LogP) is 5.87. The lowest BCUT2D eigenvalue weighted by Gasteiger charge is -2.41. The van der Waals surface area contributed by atoms with Crippen LogP contribution in [0.15, 0.2) is 109 Å². The van der Waals surface area contributed by atoms with E-state index in [1.54, 1.807) is 36.3 Å². The maximum absolute atomic E-state index is 12.6. The average molecular weight is 608 g/mol. The third-order valence-corrected chi connectivity index (χ3v) is 8.74. The van der Waals surface area contributed by atoms with Gasteiger partial charge in [-0.2, -0.15) is 5.10 Å². The van der Waals surface area contributed by atoms with Crippen molar-refractivity contribution in [2.75, 3.05) is 5.75 Å². The lowest BCUT2D eigenvalue weighted by atomic mass is 9.91. The Bertz CT molecular complexity index is 1650. The van der Waals surface area contributed by atoms with E-state index in [1.807, 2.05) is 54.6 Å². The first-order valence-electron chi connectivity index (χ1n) is 14.4. The lowest BCUT2D eigenvalue weighted by Crippen LogP contribution is -2.38. The number of benzene rings is 3. The Hall–Kier alpha value is -4.35. The number of H-pyrrole nitrogens is 1. The number of thioether (sulfide) groups is 1. The Kier molecular flexibility index (Phi) is 9.43. The molecule has 1 saturated heterocycles.